The molecule has 0 unspecified atom stereocenters. The van der Waals surface area contributed by atoms with Crippen LogP contribution in [0.1, 0.15) is 23.2 Å². The highest BCUT2D eigenvalue weighted by molar-refractivity contribution is 6.07. The van der Waals surface area contributed by atoms with Gasteiger partial charge < -0.3 is 10.2 Å². The van der Waals surface area contributed by atoms with Crippen molar-refractivity contribution in [3.05, 3.63) is 48.4 Å². The van der Waals surface area contributed by atoms with Crippen molar-refractivity contribution in [1.29, 1.82) is 0 Å². The maximum absolute atomic E-state index is 13.2. The van der Waals surface area contributed by atoms with Crippen LogP contribution in [-0.2, 0) is 0 Å². The molecule has 4 rings (SSSR count). The highest BCUT2D eigenvalue weighted by atomic mass is 19.4. The first-order valence-electron chi connectivity index (χ1n) is 8.33. The lowest BCUT2D eigenvalue weighted by Crippen LogP contribution is -2.41. The summed E-state index contributed by atoms with van der Waals surface area (Å²) in [5.74, 6) is 0.0477. The topological polar surface area (TPSA) is 75.4 Å². The van der Waals surface area contributed by atoms with E-state index in [1.807, 2.05) is 0 Å². The minimum atomic E-state index is -4.33. The Balaban J connectivity index is 1.66. The summed E-state index contributed by atoms with van der Waals surface area (Å²) in [6, 6.07) is 4.97. The van der Waals surface area contributed by atoms with E-state index in [2.05, 4.69) is 20.4 Å². The molecule has 1 N–H and O–H groups in total. The summed E-state index contributed by atoms with van der Waals surface area (Å²) in [5, 5.41) is 6.67. The Morgan fingerprint density at radius 2 is 2.11 bits per heavy atom. The number of carbonyl (C=O) groups is 1. The molecule has 0 bridgehead atoms. The first kappa shape index (κ1) is 17.3. The van der Waals surface area contributed by atoms with Gasteiger partial charge in [0.2, 0.25) is 0 Å². The number of nitrogens with zero attached hydrogens (tertiary/aromatic N) is 5. The van der Waals surface area contributed by atoms with Gasteiger partial charge in [-0.1, -0.05) is 6.07 Å². The summed E-state index contributed by atoms with van der Waals surface area (Å²) < 4.78 is 41.1. The molecule has 0 aliphatic carbocycles. The molecule has 3 aromatic heterocycles. The van der Waals surface area contributed by atoms with Crippen LogP contribution in [0.3, 0.4) is 0 Å². The fraction of sp³-hybridized carbons (Fsp3) is 0.294. The lowest BCUT2D eigenvalue weighted by Gasteiger charge is -2.27. The van der Waals surface area contributed by atoms with Gasteiger partial charge in [-0.05, 0) is 31.0 Å². The predicted octanol–water partition coefficient (Wildman–Crippen LogP) is 2.91. The van der Waals surface area contributed by atoms with E-state index < -0.39 is 18.1 Å². The Morgan fingerprint density at radius 3 is 2.85 bits per heavy atom. The maximum atomic E-state index is 13.2. The number of hydrogen-bond acceptors (Lipinski definition) is 5. The summed E-state index contributed by atoms with van der Waals surface area (Å²) in [7, 11) is 0. The number of aromatic nitrogens is 4. The number of fused-ring (bicyclic) bond motifs is 1. The van der Waals surface area contributed by atoms with Crippen molar-refractivity contribution in [2.24, 2.45) is 0 Å². The van der Waals surface area contributed by atoms with E-state index in [9.17, 15) is 18.0 Å². The Bertz CT molecular complexity index is 972. The van der Waals surface area contributed by atoms with Gasteiger partial charge in [-0.3, -0.25) is 4.79 Å². The van der Waals surface area contributed by atoms with Gasteiger partial charge in [0.05, 0.1) is 6.20 Å². The van der Waals surface area contributed by atoms with Gasteiger partial charge in [-0.25, -0.2) is 14.5 Å². The molecule has 3 aromatic rings. The first-order valence-corrected chi connectivity index (χ1v) is 8.33. The van der Waals surface area contributed by atoms with Gasteiger partial charge in [0, 0.05) is 18.9 Å². The zero-order valence-electron chi connectivity index (χ0n) is 14.0. The molecule has 1 atom stereocenters. The van der Waals surface area contributed by atoms with E-state index in [0.29, 0.717) is 12.2 Å². The van der Waals surface area contributed by atoms with Crippen LogP contribution >= 0.6 is 0 Å². The van der Waals surface area contributed by atoms with Crippen molar-refractivity contribution >= 4 is 23.2 Å². The molecule has 7 nitrogen and oxygen atoms in total. The van der Waals surface area contributed by atoms with Crippen molar-refractivity contribution in [1.82, 2.24) is 19.6 Å². The standard InChI is InChI=1S/C17H15F3N6O/c18-17(19,20)12-4-3-8-25(12)14-6-9-26-15(24-14)11(10-22-26)16(27)23-13-5-1-2-7-21-13/h1-2,5-7,9-10,12H,3-4,8H2,(H,21,23,27)/t12-/m0/s1. The summed E-state index contributed by atoms with van der Waals surface area (Å²) in [6.07, 6.45) is 0.499. The highest BCUT2D eigenvalue weighted by Crippen LogP contribution is 2.35. The average Bonchev–Trinajstić information content (AvgIpc) is 3.29. The van der Waals surface area contributed by atoms with E-state index in [0.717, 1.165) is 0 Å². The van der Waals surface area contributed by atoms with Crippen LogP contribution in [0.25, 0.3) is 5.65 Å². The second kappa shape index (κ2) is 6.53. The summed E-state index contributed by atoms with van der Waals surface area (Å²) >= 11 is 0. The number of alkyl halides is 3. The third-order valence-corrected chi connectivity index (χ3v) is 4.43. The molecule has 4 heterocycles. The second-order valence-electron chi connectivity index (χ2n) is 6.17. The first-order chi connectivity index (χ1) is 12.9. The molecular weight excluding hydrogens is 361 g/mol. The number of amides is 1. The minimum Gasteiger partial charge on any atom is -0.344 e. The number of halogens is 3. The molecule has 0 aromatic carbocycles. The molecule has 0 saturated carbocycles. The second-order valence-corrected chi connectivity index (χ2v) is 6.17. The molecule has 1 aliphatic rings. The van der Waals surface area contributed by atoms with Gasteiger partial charge in [0.1, 0.15) is 23.2 Å². The largest absolute Gasteiger partial charge is 0.408 e. The van der Waals surface area contributed by atoms with Crippen LogP contribution in [0.5, 0.6) is 0 Å². The van der Waals surface area contributed by atoms with E-state index in [1.54, 1.807) is 18.2 Å². The molecule has 1 amide bonds. The SMILES string of the molecule is O=C(Nc1ccccn1)c1cnn2ccc(N3CCC[C@H]3C(F)(F)F)nc12. The fourth-order valence-electron chi connectivity index (χ4n) is 3.18. The van der Waals surface area contributed by atoms with Gasteiger partial charge in [-0.2, -0.15) is 18.3 Å². The Hall–Kier alpha value is -3.17. The molecule has 140 valence electrons. The quantitative estimate of drug-likeness (QED) is 0.761. The van der Waals surface area contributed by atoms with Crippen molar-refractivity contribution < 1.29 is 18.0 Å². The smallest absolute Gasteiger partial charge is 0.344 e. The molecule has 0 spiro atoms. The van der Waals surface area contributed by atoms with Crippen LogP contribution in [-0.4, -0.2) is 44.3 Å². The summed E-state index contributed by atoms with van der Waals surface area (Å²) in [5.41, 5.74) is 0.346. The van der Waals surface area contributed by atoms with Gasteiger partial charge in [-0.15, -0.1) is 0 Å². The van der Waals surface area contributed by atoms with E-state index >= 15 is 0 Å². The molecule has 0 radical (unpaired) electrons. The monoisotopic (exact) mass is 376 g/mol. The molecular formula is C17H15F3N6O. The van der Waals surface area contributed by atoms with Gasteiger partial charge in [0.25, 0.3) is 5.91 Å². The van der Waals surface area contributed by atoms with E-state index in [-0.39, 0.29) is 30.0 Å². The van der Waals surface area contributed by atoms with E-state index in [4.69, 9.17) is 0 Å². The van der Waals surface area contributed by atoms with Gasteiger partial charge in [0.15, 0.2) is 5.65 Å². The number of hydrogen-bond donors (Lipinski definition) is 1. The fourth-order valence-corrected chi connectivity index (χ4v) is 3.18. The zero-order valence-corrected chi connectivity index (χ0v) is 14.0. The molecule has 27 heavy (non-hydrogen) atoms. The summed E-state index contributed by atoms with van der Waals surface area (Å²) in [4.78, 5) is 22.0. The molecule has 10 heteroatoms. The van der Waals surface area contributed by atoms with Crippen LogP contribution in [0.4, 0.5) is 24.8 Å². The number of pyridine rings is 1. The number of nitrogens with one attached hydrogen (secondary N) is 1. The lowest BCUT2D eigenvalue weighted by molar-refractivity contribution is -0.146. The third-order valence-electron chi connectivity index (χ3n) is 4.43. The van der Waals surface area contributed by atoms with Crippen molar-refractivity contribution in [3.63, 3.8) is 0 Å². The predicted molar refractivity (Wildman–Crippen MR) is 91.6 cm³/mol. The van der Waals surface area contributed by atoms with E-state index in [1.165, 1.54) is 34.1 Å². The van der Waals surface area contributed by atoms with Crippen molar-refractivity contribution in [2.75, 3.05) is 16.8 Å². The van der Waals surface area contributed by atoms with Crippen LogP contribution in [0.15, 0.2) is 42.9 Å². The van der Waals surface area contributed by atoms with Crippen LogP contribution in [0, 0.1) is 0 Å². The lowest BCUT2D eigenvalue weighted by atomic mass is 10.2. The van der Waals surface area contributed by atoms with Crippen LogP contribution < -0.4 is 10.2 Å². The molecule has 1 saturated heterocycles. The molecule has 1 aliphatic heterocycles. The maximum Gasteiger partial charge on any atom is 0.408 e. The number of carbonyl (C=O) groups excluding carboxylic acids is 1. The zero-order chi connectivity index (χ0) is 19.0. The Labute approximate surface area is 151 Å². The number of rotatable bonds is 3. The van der Waals surface area contributed by atoms with Crippen LogP contribution in [0.2, 0.25) is 0 Å². The summed E-state index contributed by atoms with van der Waals surface area (Å²) in [6.45, 7) is 0.261. The average molecular weight is 376 g/mol. The normalized spacial score (nSPS) is 17.4. The Kier molecular flexibility index (Phi) is 4.17. The highest BCUT2D eigenvalue weighted by Gasteiger charge is 2.46. The third kappa shape index (κ3) is 3.29. The van der Waals surface area contributed by atoms with Crippen molar-refractivity contribution in [2.45, 2.75) is 25.1 Å². The molecule has 1 fully saturated rings. The van der Waals surface area contributed by atoms with Gasteiger partial charge >= 0.3 is 6.18 Å². The van der Waals surface area contributed by atoms with Crippen molar-refractivity contribution in [3.8, 4) is 0 Å². The minimum absolute atomic E-state index is 0.0304. The Morgan fingerprint density at radius 1 is 1.26 bits per heavy atom. The number of anilines is 2.